The summed E-state index contributed by atoms with van der Waals surface area (Å²) in [5.74, 6) is 0.997. The molecule has 1 saturated heterocycles. The van der Waals surface area contributed by atoms with Crippen LogP contribution in [0.25, 0.3) is 0 Å². The average molecular weight is 485 g/mol. The number of carboxylic acid groups (broad SMARTS) is 1. The minimum atomic E-state index is -0.919. The summed E-state index contributed by atoms with van der Waals surface area (Å²) in [6.07, 6.45) is 2.24. The van der Waals surface area contributed by atoms with Gasteiger partial charge in [0.1, 0.15) is 11.8 Å². The third-order valence-electron chi connectivity index (χ3n) is 6.13. The third kappa shape index (κ3) is 5.66. The highest BCUT2D eigenvalue weighted by atomic mass is 35.5. The second-order valence-electron chi connectivity index (χ2n) is 8.35. The number of nitrogens with one attached hydrogen (secondary N) is 1. The molecule has 0 spiro atoms. The highest BCUT2D eigenvalue weighted by Gasteiger charge is 2.25. The van der Waals surface area contributed by atoms with Crippen molar-refractivity contribution < 1.29 is 19.4 Å². The maximum Gasteiger partial charge on any atom is 0.407 e. The smallest absolute Gasteiger partial charge is 0.407 e. The predicted molar refractivity (Wildman–Crippen MR) is 124 cm³/mol. The second-order valence-corrected chi connectivity index (χ2v) is 8.76. The lowest BCUT2D eigenvalue weighted by molar-refractivity contribution is 0.0888. The number of nitriles is 1. The van der Waals surface area contributed by atoms with E-state index in [0.717, 1.165) is 25.7 Å². The van der Waals surface area contributed by atoms with Gasteiger partial charge >= 0.3 is 6.09 Å². The first kappa shape index (κ1) is 23.6. The molecule has 0 bridgehead atoms. The standard InChI is InChI=1S/C23H25ClN6O4/c24-19-13-18(4-1-15(19)14-25)34-17-5-2-16(3-6-17)26-22(31)20-7-8-21(28-27-20)29-9-11-30(12-10-29)23(32)33/h1,4,7-8,13,16-17H,2-3,5-6,9-12H2,(H,26,31)(H,32,33)/t16-,17-. The largest absolute Gasteiger partial charge is 0.490 e. The molecular weight excluding hydrogens is 460 g/mol. The van der Waals surface area contributed by atoms with Crippen LogP contribution in [0.5, 0.6) is 5.75 Å². The lowest BCUT2D eigenvalue weighted by atomic mass is 9.93. The Hall–Kier alpha value is -3.58. The molecule has 4 rings (SSSR count). The van der Waals surface area contributed by atoms with Crippen LogP contribution in [0.2, 0.25) is 5.02 Å². The topological polar surface area (TPSA) is 132 Å². The summed E-state index contributed by atoms with van der Waals surface area (Å²) in [7, 11) is 0. The molecule has 1 aliphatic carbocycles. The number of halogens is 1. The molecule has 10 nitrogen and oxygen atoms in total. The van der Waals surface area contributed by atoms with Crippen molar-refractivity contribution in [1.29, 1.82) is 5.26 Å². The van der Waals surface area contributed by atoms with E-state index in [4.69, 9.17) is 26.7 Å². The van der Waals surface area contributed by atoms with Gasteiger partial charge in [-0.05, 0) is 49.9 Å². The van der Waals surface area contributed by atoms with E-state index < -0.39 is 6.09 Å². The van der Waals surface area contributed by atoms with Crippen molar-refractivity contribution in [2.75, 3.05) is 31.1 Å². The summed E-state index contributed by atoms with van der Waals surface area (Å²) >= 11 is 6.07. The molecule has 1 aromatic carbocycles. The van der Waals surface area contributed by atoms with Crippen LogP contribution in [0.15, 0.2) is 30.3 Å². The van der Waals surface area contributed by atoms with Crippen LogP contribution >= 0.6 is 11.6 Å². The Labute approximate surface area is 202 Å². The molecule has 0 unspecified atom stereocenters. The summed E-state index contributed by atoms with van der Waals surface area (Å²) in [5, 5.41) is 29.7. The molecule has 34 heavy (non-hydrogen) atoms. The van der Waals surface area contributed by atoms with Crippen LogP contribution in [0.3, 0.4) is 0 Å². The first-order chi connectivity index (χ1) is 16.4. The van der Waals surface area contributed by atoms with E-state index >= 15 is 0 Å². The van der Waals surface area contributed by atoms with Gasteiger partial charge in [0, 0.05) is 38.3 Å². The van der Waals surface area contributed by atoms with Crippen LogP contribution in [-0.4, -0.2) is 70.5 Å². The number of benzene rings is 1. The van der Waals surface area contributed by atoms with Gasteiger partial charge in [0.05, 0.1) is 16.7 Å². The first-order valence-electron chi connectivity index (χ1n) is 11.2. The number of hydrogen-bond donors (Lipinski definition) is 2. The first-order valence-corrected chi connectivity index (χ1v) is 11.5. The Balaban J connectivity index is 1.23. The van der Waals surface area contributed by atoms with E-state index in [9.17, 15) is 9.59 Å². The van der Waals surface area contributed by atoms with E-state index in [1.807, 2.05) is 11.0 Å². The molecule has 178 valence electrons. The number of ether oxygens (including phenoxy) is 1. The fourth-order valence-electron chi connectivity index (χ4n) is 4.18. The summed E-state index contributed by atoms with van der Waals surface area (Å²) in [5.41, 5.74) is 0.663. The molecule has 2 heterocycles. The van der Waals surface area contributed by atoms with Crippen molar-refractivity contribution >= 4 is 29.4 Å². The van der Waals surface area contributed by atoms with Crippen molar-refractivity contribution in [2.24, 2.45) is 0 Å². The zero-order chi connectivity index (χ0) is 24.1. The average Bonchev–Trinajstić information content (AvgIpc) is 2.85. The van der Waals surface area contributed by atoms with Gasteiger partial charge in [-0.2, -0.15) is 5.26 Å². The van der Waals surface area contributed by atoms with E-state index in [1.54, 1.807) is 30.3 Å². The maximum absolute atomic E-state index is 12.6. The summed E-state index contributed by atoms with van der Waals surface area (Å²) in [4.78, 5) is 27.0. The number of nitrogens with zero attached hydrogens (tertiary/aromatic N) is 5. The minimum Gasteiger partial charge on any atom is -0.490 e. The molecule has 1 aromatic heterocycles. The lowest BCUT2D eigenvalue weighted by Gasteiger charge is -2.33. The van der Waals surface area contributed by atoms with Crippen LogP contribution in [-0.2, 0) is 0 Å². The van der Waals surface area contributed by atoms with E-state index in [1.165, 1.54) is 4.90 Å². The van der Waals surface area contributed by atoms with Gasteiger partial charge in [-0.25, -0.2) is 4.79 Å². The Bertz CT molecular complexity index is 1070. The molecule has 2 aromatic rings. The third-order valence-corrected chi connectivity index (χ3v) is 6.44. The number of rotatable bonds is 5. The van der Waals surface area contributed by atoms with Gasteiger partial charge in [-0.15, -0.1) is 10.2 Å². The van der Waals surface area contributed by atoms with Gasteiger partial charge in [-0.3, -0.25) is 4.79 Å². The van der Waals surface area contributed by atoms with E-state index in [2.05, 4.69) is 15.5 Å². The lowest BCUT2D eigenvalue weighted by Crippen LogP contribution is -2.48. The second kappa shape index (κ2) is 10.6. The molecule has 2 N–H and O–H groups in total. The van der Waals surface area contributed by atoms with Crippen LogP contribution in [0.4, 0.5) is 10.6 Å². The molecule has 0 atom stereocenters. The zero-order valence-electron chi connectivity index (χ0n) is 18.5. The van der Waals surface area contributed by atoms with Gasteiger partial charge in [0.15, 0.2) is 11.5 Å². The highest BCUT2D eigenvalue weighted by Crippen LogP contribution is 2.27. The molecule has 1 saturated carbocycles. The number of hydrogen-bond acceptors (Lipinski definition) is 7. The van der Waals surface area contributed by atoms with Crippen molar-refractivity contribution in [3.63, 3.8) is 0 Å². The Morgan fingerprint density at radius 2 is 1.82 bits per heavy atom. The summed E-state index contributed by atoms with van der Waals surface area (Å²) in [6, 6.07) is 10.5. The molecule has 11 heteroatoms. The molecule has 2 aliphatic rings. The normalized spacial score (nSPS) is 20.4. The zero-order valence-corrected chi connectivity index (χ0v) is 19.2. The fraction of sp³-hybridized carbons (Fsp3) is 0.435. The number of piperazine rings is 1. The molecular formula is C23H25ClN6O4. The SMILES string of the molecule is N#Cc1ccc(O[C@H]2CC[C@H](NC(=O)c3ccc(N4CCN(C(=O)O)CC4)nn3)CC2)cc1Cl. The van der Waals surface area contributed by atoms with Gasteiger partial charge in [0.2, 0.25) is 0 Å². The Kier molecular flexibility index (Phi) is 7.33. The fourth-order valence-corrected chi connectivity index (χ4v) is 4.39. The molecule has 2 fully saturated rings. The number of carbonyl (C=O) groups is 2. The monoisotopic (exact) mass is 484 g/mol. The van der Waals surface area contributed by atoms with Gasteiger partial charge < -0.3 is 25.0 Å². The molecule has 1 aliphatic heterocycles. The number of anilines is 1. The van der Waals surface area contributed by atoms with Gasteiger partial charge in [0.25, 0.3) is 5.91 Å². The summed E-state index contributed by atoms with van der Waals surface area (Å²) in [6.45, 7) is 1.88. The van der Waals surface area contributed by atoms with Crippen LogP contribution in [0, 0.1) is 11.3 Å². The van der Waals surface area contributed by atoms with Crippen LogP contribution < -0.4 is 15.0 Å². The van der Waals surface area contributed by atoms with Crippen molar-refractivity contribution in [2.45, 2.75) is 37.8 Å². The number of amides is 2. The van der Waals surface area contributed by atoms with Crippen molar-refractivity contribution in [3.8, 4) is 11.8 Å². The predicted octanol–water partition coefficient (Wildman–Crippen LogP) is 2.92. The number of carbonyl (C=O) groups excluding carboxylic acids is 1. The van der Waals surface area contributed by atoms with Crippen molar-refractivity contribution in [1.82, 2.24) is 20.4 Å². The summed E-state index contributed by atoms with van der Waals surface area (Å²) < 4.78 is 5.99. The van der Waals surface area contributed by atoms with Crippen LogP contribution in [0.1, 0.15) is 41.7 Å². The Morgan fingerprint density at radius 3 is 2.41 bits per heavy atom. The Morgan fingerprint density at radius 1 is 1.09 bits per heavy atom. The van der Waals surface area contributed by atoms with Crippen molar-refractivity contribution in [3.05, 3.63) is 46.6 Å². The molecule has 0 radical (unpaired) electrons. The minimum absolute atomic E-state index is 0.0258. The van der Waals surface area contributed by atoms with E-state index in [-0.39, 0.29) is 23.7 Å². The number of aromatic nitrogens is 2. The quantitative estimate of drug-likeness (QED) is 0.662. The maximum atomic E-state index is 12.6. The molecule has 2 amide bonds. The van der Waals surface area contributed by atoms with Gasteiger partial charge in [-0.1, -0.05) is 11.6 Å². The van der Waals surface area contributed by atoms with E-state index in [0.29, 0.717) is 48.3 Å². The highest BCUT2D eigenvalue weighted by molar-refractivity contribution is 6.31.